The summed E-state index contributed by atoms with van der Waals surface area (Å²) in [4.78, 5) is 0. The minimum absolute atomic E-state index is 0.0549. The number of aliphatic hydroxyl groups excluding tert-OH is 1. The zero-order valence-corrected chi connectivity index (χ0v) is 21.7. The van der Waals surface area contributed by atoms with Gasteiger partial charge < -0.3 is 14.9 Å². The first-order valence-corrected chi connectivity index (χ1v) is 13.5. The van der Waals surface area contributed by atoms with Crippen LogP contribution in [-0.2, 0) is 12.0 Å². The van der Waals surface area contributed by atoms with Crippen molar-refractivity contribution >= 4 is 0 Å². The molecule has 1 atom stereocenters. The molecule has 1 saturated carbocycles. The van der Waals surface area contributed by atoms with Crippen LogP contribution in [0.15, 0.2) is 48.5 Å². The Morgan fingerprint density at radius 2 is 1.71 bits per heavy atom. The normalized spacial score (nSPS) is 16.9. The maximum absolute atomic E-state index is 11.1. The average molecular weight is 467 g/mol. The van der Waals surface area contributed by atoms with Crippen LogP contribution >= 0.6 is 0 Å². The van der Waals surface area contributed by atoms with Crippen molar-refractivity contribution in [3.63, 3.8) is 0 Å². The van der Waals surface area contributed by atoms with Crippen LogP contribution in [0.25, 0.3) is 0 Å². The molecule has 0 spiro atoms. The van der Waals surface area contributed by atoms with Gasteiger partial charge in [0.05, 0.1) is 11.7 Å². The molecule has 0 heterocycles. The van der Waals surface area contributed by atoms with Gasteiger partial charge in [-0.1, -0.05) is 108 Å². The molecule has 3 nitrogen and oxygen atoms in total. The third kappa shape index (κ3) is 7.85. The molecular formula is C31H46O3. The summed E-state index contributed by atoms with van der Waals surface area (Å²) in [5.74, 6) is 0.770. The zero-order valence-electron chi connectivity index (χ0n) is 21.7. The van der Waals surface area contributed by atoms with E-state index in [2.05, 4.69) is 51.1 Å². The van der Waals surface area contributed by atoms with Crippen molar-refractivity contribution in [2.45, 2.75) is 122 Å². The number of aliphatic hydroxyl groups is 2. The fraction of sp³-hybridized carbons (Fsp3) is 0.613. The molecule has 0 saturated heterocycles. The molecule has 3 heteroatoms. The van der Waals surface area contributed by atoms with Crippen LogP contribution in [0.2, 0.25) is 0 Å². The molecule has 0 aromatic heterocycles. The Bertz CT molecular complexity index is 852. The molecule has 188 valence electrons. The molecular weight excluding hydrogens is 420 g/mol. The van der Waals surface area contributed by atoms with Crippen LogP contribution < -0.4 is 4.74 Å². The summed E-state index contributed by atoms with van der Waals surface area (Å²) in [7, 11) is 0. The van der Waals surface area contributed by atoms with Crippen LogP contribution in [0.3, 0.4) is 0 Å². The smallest absolute Gasteiger partial charge is 0.125 e. The summed E-state index contributed by atoms with van der Waals surface area (Å²) in [6, 6.07) is 16.6. The molecule has 0 aliphatic heterocycles. The lowest BCUT2D eigenvalue weighted by molar-refractivity contribution is -0.0160. The number of rotatable bonds is 13. The molecule has 0 bridgehead atoms. The first kappa shape index (κ1) is 26.8. The summed E-state index contributed by atoms with van der Waals surface area (Å²) in [5, 5.41) is 22.1. The van der Waals surface area contributed by atoms with Gasteiger partial charge in [-0.3, -0.25) is 0 Å². The maximum Gasteiger partial charge on any atom is 0.125 e. The molecule has 34 heavy (non-hydrogen) atoms. The van der Waals surface area contributed by atoms with E-state index in [1.54, 1.807) is 0 Å². The van der Waals surface area contributed by atoms with Gasteiger partial charge in [0.1, 0.15) is 12.4 Å². The molecule has 2 N–H and O–H groups in total. The second-order valence-electron chi connectivity index (χ2n) is 11.1. The quantitative estimate of drug-likeness (QED) is 0.294. The summed E-state index contributed by atoms with van der Waals surface area (Å²) in [5.41, 5.74) is 2.64. The van der Waals surface area contributed by atoms with Crippen molar-refractivity contribution in [1.82, 2.24) is 0 Å². The topological polar surface area (TPSA) is 49.7 Å². The van der Waals surface area contributed by atoms with Crippen LogP contribution in [0, 0.1) is 0 Å². The van der Waals surface area contributed by atoms with Crippen molar-refractivity contribution < 1.29 is 14.9 Å². The molecule has 0 amide bonds. The Morgan fingerprint density at radius 3 is 2.41 bits per heavy atom. The molecule has 2 aromatic carbocycles. The summed E-state index contributed by atoms with van der Waals surface area (Å²) in [6.07, 6.45) is 11.8. The van der Waals surface area contributed by atoms with Gasteiger partial charge in [-0.2, -0.15) is 0 Å². The molecule has 2 aromatic rings. The highest BCUT2D eigenvalue weighted by molar-refractivity contribution is 5.42. The van der Waals surface area contributed by atoms with Crippen molar-refractivity contribution in [3.05, 3.63) is 65.2 Å². The Morgan fingerprint density at radius 1 is 0.971 bits per heavy atom. The minimum Gasteiger partial charge on any atom is -0.489 e. The highest BCUT2D eigenvalue weighted by Gasteiger charge is 2.30. The largest absolute Gasteiger partial charge is 0.489 e. The van der Waals surface area contributed by atoms with E-state index in [1.807, 2.05) is 18.2 Å². The third-order valence-corrected chi connectivity index (χ3v) is 7.71. The fourth-order valence-electron chi connectivity index (χ4n) is 5.25. The van der Waals surface area contributed by atoms with E-state index in [4.69, 9.17) is 4.74 Å². The predicted molar refractivity (Wildman–Crippen MR) is 141 cm³/mol. The maximum atomic E-state index is 11.1. The Balaban J connectivity index is 1.76. The van der Waals surface area contributed by atoms with Crippen LogP contribution in [0.4, 0.5) is 0 Å². The molecule has 1 aliphatic rings. The number of hydrogen-bond acceptors (Lipinski definition) is 3. The standard InChI is InChI=1S/C31H46O3/c1-4-5-6-11-19-30(2,3)26-16-17-27(28(32)18-22-31(33)20-12-8-13-21-31)29(23-26)34-24-25-14-9-7-10-15-25/h7,9-10,14-17,23,28,32-33H,4-6,8,11-13,18-22,24H2,1-3H3/t28-/m1/s1. The van der Waals surface area contributed by atoms with E-state index in [9.17, 15) is 10.2 Å². The van der Waals surface area contributed by atoms with Crippen molar-refractivity contribution in [2.24, 2.45) is 0 Å². The zero-order chi connectivity index (χ0) is 24.4. The Hall–Kier alpha value is -1.84. The Labute approximate surface area is 207 Å². The van der Waals surface area contributed by atoms with Gasteiger partial charge in [-0.05, 0) is 54.7 Å². The lowest BCUT2D eigenvalue weighted by atomic mass is 9.78. The highest BCUT2D eigenvalue weighted by atomic mass is 16.5. The van der Waals surface area contributed by atoms with Gasteiger partial charge in [0.15, 0.2) is 0 Å². The summed E-state index contributed by atoms with van der Waals surface area (Å²) in [6.45, 7) is 7.34. The van der Waals surface area contributed by atoms with Gasteiger partial charge in [-0.25, -0.2) is 0 Å². The second-order valence-corrected chi connectivity index (χ2v) is 11.1. The van der Waals surface area contributed by atoms with E-state index in [1.165, 1.54) is 37.7 Å². The predicted octanol–water partition coefficient (Wildman–Crippen LogP) is 8.02. The fourth-order valence-corrected chi connectivity index (χ4v) is 5.25. The first-order chi connectivity index (χ1) is 16.3. The van der Waals surface area contributed by atoms with Crippen molar-refractivity contribution in [3.8, 4) is 5.75 Å². The second kappa shape index (κ2) is 12.7. The lowest BCUT2D eigenvalue weighted by Crippen LogP contribution is -2.31. The minimum atomic E-state index is -0.640. The van der Waals surface area contributed by atoms with Gasteiger partial charge >= 0.3 is 0 Å². The third-order valence-electron chi connectivity index (χ3n) is 7.71. The SMILES string of the molecule is CCCCCCC(C)(C)c1ccc([C@H](O)CCC2(O)CCCCC2)c(OCc2ccccc2)c1. The van der Waals surface area contributed by atoms with Gasteiger partial charge in [0, 0.05) is 5.56 Å². The molecule has 1 aliphatic carbocycles. The van der Waals surface area contributed by atoms with Crippen LogP contribution in [0.1, 0.15) is 121 Å². The number of ether oxygens (including phenoxy) is 1. The first-order valence-electron chi connectivity index (χ1n) is 13.5. The van der Waals surface area contributed by atoms with E-state index in [0.717, 1.165) is 49.0 Å². The van der Waals surface area contributed by atoms with E-state index in [0.29, 0.717) is 19.4 Å². The summed E-state index contributed by atoms with van der Waals surface area (Å²) >= 11 is 0. The monoisotopic (exact) mass is 466 g/mol. The van der Waals surface area contributed by atoms with Crippen molar-refractivity contribution in [2.75, 3.05) is 0 Å². The molecule has 1 fully saturated rings. The van der Waals surface area contributed by atoms with Crippen LogP contribution in [0.5, 0.6) is 5.75 Å². The summed E-state index contributed by atoms with van der Waals surface area (Å²) < 4.78 is 6.32. The van der Waals surface area contributed by atoms with Crippen LogP contribution in [-0.4, -0.2) is 15.8 Å². The van der Waals surface area contributed by atoms with E-state index >= 15 is 0 Å². The number of hydrogen-bond donors (Lipinski definition) is 2. The number of unbranched alkanes of at least 4 members (excludes halogenated alkanes) is 3. The molecule has 0 radical (unpaired) electrons. The highest BCUT2D eigenvalue weighted by Crippen LogP contribution is 2.39. The Kier molecular flexibility index (Phi) is 10.0. The van der Waals surface area contributed by atoms with E-state index < -0.39 is 11.7 Å². The average Bonchev–Trinajstić information content (AvgIpc) is 2.85. The van der Waals surface area contributed by atoms with E-state index in [-0.39, 0.29) is 5.41 Å². The van der Waals surface area contributed by atoms with Crippen molar-refractivity contribution in [1.29, 1.82) is 0 Å². The van der Waals surface area contributed by atoms with Gasteiger partial charge in [-0.15, -0.1) is 0 Å². The molecule has 0 unspecified atom stereocenters. The molecule has 3 rings (SSSR count). The van der Waals surface area contributed by atoms with Gasteiger partial charge in [0.25, 0.3) is 0 Å². The van der Waals surface area contributed by atoms with Gasteiger partial charge in [0.2, 0.25) is 0 Å². The number of benzene rings is 2. The lowest BCUT2D eigenvalue weighted by Gasteiger charge is -2.33.